The molecule has 1 heterocycles. The summed E-state index contributed by atoms with van der Waals surface area (Å²) in [5, 5.41) is 0. The molecule has 0 aliphatic heterocycles. The number of aromatic nitrogens is 1. The number of rotatable bonds is 1. The van der Waals surface area contributed by atoms with Gasteiger partial charge in [0.25, 0.3) is 0 Å². The fourth-order valence-corrected chi connectivity index (χ4v) is 1.34. The number of hydrogen-bond acceptors (Lipinski definition) is 2. The monoisotopic (exact) mass is 225 g/mol. The molecule has 0 aromatic carbocycles. The Balaban J connectivity index is 0. The fraction of sp³-hybridized carbons (Fsp3) is 0.643. The van der Waals surface area contributed by atoms with Crippen molar-refractivity contribution < 1.29 is 4.74 Å². The van der Waals surface area contributed by atoms with Gasteiger partial charge in [0.2, 0.25) is 0 Å². The van der Waals surface area contributed by atoms with Crippen molar-refractivity contribution in [2.75, 3.05) is 7.11 Å². The van der Waals surface area contributed by atoms with Gasteiger partial charge in [0, 0.05) is 22.5 Å². The van der Waals surface area contributed by atoms with Gasteiger partial charge >= 0.3 is 0 Å². The first-order valence-electron chi connectivity index (χ1n) is 6.06. The Morgan fingerprint density at radius 1 is 0.750 bits per heavy atom. The van der Waals surface area contributed by atoms with E-state index in [2.05, 4.69) is 4.98 Å². The lowest BCUT2D eigenvalue weighted by Gasteiger charge is -2.12. The summed E-state index contributed by atoms with van der Waals surface area (Å²) in [5.74, 6) is 0.972. The molecule has 0 atom stereocenters. The van der Waals surface area contributed by atoms with Gasteiger partial charge in [-0.2, -0.15) is 0 Å². The van der Waals surface area contributed by atoms with Gasteiger partial charge in [-0.05, 0) is 27.7 Å². The van der Waals surface area contributed by atoms with E-state index in [9.17, 15) is 0 Å². The maximum Gasteiger partial charge on any atom is 0.128 e. The van der Waals surface area contributed by atoms with Crippen LogP contribution in [-0.4, -0.2) is 12.1 Å². The molecule has 2 nitrogen and oxygen atoms in total. The Morgan fingerprint density at radius 3 is 1.31 bits per heavy atom. The topological polar surface area (TPSA) is 22.1 Å². The molecular weight excluding hydrogens is 198 g/mol. The van der Waals surface area contributed by atoms with E-state index in [0.29, 0.717) is 0 Å². The summed E-state index contributed by atoms with van der Waals surface area (Å²) in [7, 11) is 1.70. The molecule has 2 heteroatoms. The van der Waals surface area contributed by atoms with Crippen molar-refractivity contribution in [3.8, 4) is 5.75 Å². The number of ether oxygens (including phenoxy) is 1. The summed E-state index contributed by atoms with van der Waals surface area (Å²) >= 11 is 0. The van der Waals surface area contributed by atoms with Crippen molar-refractivity contribution in [1.29, 1.82) is 0 Å². The Bertz CT molecular complexity index is 280. The lowest BCUT2D eigenvalue weighted by atomic mass is 10.1. The van der Waals surface area contributed by atoms with Gasteiger partial charge in [-0.3, -0.25) is 4.98 Å². The minimum Gasteiger partial charge on any atom is -0.496 e. The largest absolute Gasteiger partial charge is 0.496 e. The molecule has 0 N–H and O–H groups in total. The summed E-state index contributed by atoms with van der Waals surface area (Å²) in [4.78, 5) is 4.40. The smallest absolute Gasteiger partial charge is 0.128 e. The lowest BCUT2D eigenvalue weighted by Crippen LogP contribution is -1.99. The third-order valence-electron chi connectivity index (χ3n) is 2.31. The van der Waals surface area contributed by atoms with Crippen LogP contribution in [0, 0.1) is 27.7 Å². The van der Waals surface area contributed by atoms with Crippen LogP contribution in [0.25, 0.3) is 0 Å². The van der Waals surface area contributed by atoms with Crippen LogP contribution in [0.1, 0.15) is 50.2 Å². The molecule has 0 saturated carbocycles. The Kier molecular flexibility index (Phi) is 9.97. The van der Waals surface area contributed by atoms with Crippen LogP contribution < -0.4 is 4.74 Å². The average molecular weight is 225 g/mol. The third kappa shape index (κ3) is 4.21. The van der Waals surface area contributed by atoms with E-state index in [0.717, 1.165) is 28.3 Å². The van der Waals surface area contributed by atoms with E-state index >= 15 is 0 Å². The maximum absolute atomic E-state index is 5.30. The minimum atomic E-state index is 0.972. The highest BCUT2D eigenvalue weighted by Gasteiger charge is 2.08. The van der Waals surface area contributed by atoms with E-state index in [1.165, 1.54) is 0 Å². The van der Waals surface area contributed by atoms with E-state index in [-0.39, 0.29) is 0 Å². The van der Waals surface area contributed by atoms with E-state index in [4.69, 9.17) is 4.74 Å². The Labute approximate surface area is 101 Å². The molecule has 16 heavy (non-hydrogen) atoms. The predicted molar refractivity (Wildman–Crippen MR) is 72.4 cm³/mol. The summed E-state index contributed by atoms with van der Waals surface area (Å²) in [6.07, 6.45) is 0. The van der Waals surface area contributed by atoms with Crippen molar-refractivity contribution in [2.24, 2.45) is 0 Å². The SMILES string of the molecule is CC.CC.COc1c(C)c(C)nc(C)c1C. The minimum absolute atomic E-state index is 0.972. The summed E-state index contributed by atoms with van der Waals surface area (Å²) in [6.45, 7) is 16.1. The zero-order valence-corrected chi connectivity index (χ0v) is 12.4. The molecule has 0 saturated heterocycles. The quantitative estimate of drug-likeness (QED) is 0.707. The molecule has 0 fully saturated rings. The van der Waals surface area contributed by atoms with Gasteiger partial charge in [-0.1, -0.05) is 27.7 Å². The maximum atomic E-state index is 5.30. The highest BCUT2D eigenvalue weighted by atomic mass is 16.5. The summed E-state index contributed by atoms with van der Waals surface area (Å²) in [5.41, 5.74) is 4.38. The van der Waals surface area contributed by atoms with Crippen molar-refractivity contribution in [2.45, 2.75) is 55.4 Å². The molecular formula is C14H27NO. The van der Waals surface area contributed by atoms with E-state index in [1.807, 2.05) is 55.4 Å². The van der Waals surface area contributed by atoms with Gasteiger partial charge in [-0.15, -0.1) is 0 Å². The van der Waals surface area contributed by atoms with Crippen LogP contribution in [0.2, 0.25) is 0 Å². The van der Waals surface area contributed by atoms with Crippen molar-refractivity contribution in [3.63, 3.8) is 0 Å². The first-order valence-corrected chi connectivity index (χ1v) is 6.06. The van der Waals surface area contributed by atoms with E-state index in [1.54, 1.807) is 7.11 Å². The van der Waals surface area contributed by atoms with Gasteiger partial charge in [0.1, 0.15) is 5.75 Å². The van der Waals surface area contributed by atoms with Gasteiger partial charge in [0.15, 0.2) is 0 Å². The van der Waals surface area contributed by atoms with Crippen LogP contribution >= 0.6 is 0 Å². The van der Waals surface area contributed by atoms with Crippen LogP contribution in [-0.2, 0) is 0 Å². The van der Waals surface area contributed by atoms with E-state index < -0.39 is 0 Å². The number of aryl methyl sites for hydroxylation is 2. The second-order valence-electron chi connectivity index (χ2n) is 3.07. The third-order valence-corrected chi connectivity index (χ3v) is 2.31. The second kappa shape index (κ2) is 9.20. The van der Waals surface area contributed by atoms with Gasteiger partial charge in [0.05, 0.1) is 7.11 Å². The molecule has 94 valence electrons. The zero-order valence-electron chi connectivity index (χ0n) is 12.4. The first-order chi connectivity index (χ1) is 7.57. The van der Waals surface area contributed by atoms with Gasteiger partial charge < -0.3 is 4.74 Å². The van der Waals surface area contributed by atoms with Crippen LogP contribution in [0.5, 0.6) is 5.75 Å². The number of methoxy groups -OCH3 is 1. The molecule has 0 unspecified atom stereocenters. The Hall–Kier alpha value is -1.05. The zero-order chi connectivity index (χ0) is 13.3. The molecule has 1 aromatic heterocycles. The van der Waals surface area contributed by atoms with Crippen molar-refractivity contribution >= 4 is 0 Å². The normalized spacial score (nSPS) is 8.31. The molecule has 0 aliphatic carbocycles. The number of hydrogen-bond donors (Lipinski definition) is 0. The molecule has 1 rings (SSSR count). The molecule has 0 radical (unpaired) electrons. The second-order valence-corrected chi connectivity index (χ2v) is 3.07. The van der Waals surface area contributed by atoms with Crippen LogP contribution in [0.15, 0.2) is 0 Å². The average Bonchev–Trinajstić information content (AvgIpc) is 2.33. The fourth-order valence-electron chi connectivity index (χ4n) is 1.34. The molecule has 0 bridgehead atoms. The van der Waals surface area contributed by atoms with Crippen molar-refractivity contribution in [3.05, 3.63) is 22.5 Å². The molecule has 0 spiro atoms. The number of pyridine rings is 1. The highest BCUT2D eigenvalue weighted by molar-refractivity contribution is 5.43. The first kappa shape index (κ1) is 17.3. The number of nitrogens with zero attached hydrogens (tertiary/aromatic N) is 1. The summed E-state index contributed by atoms with van der Waals surface area (Å²) < 4.78 is 5.30. The van der Waals surface area contributed by atoms with Crippen LogP contribution in [0.4, 0.5) is 0 Å². The van der Waals surface area contributed by atoms with Crippen molar-refractivity contribution in [1.82, 2.24) is 4.98 Å². The van der Waals surface area contributed by atoms with Crippen LogP contribution in [0.3, 0.4) is 0 Å². The highest BCUT2D eigenvalue weighted by Crippen LogP contribution is 2.25. The molecule has 0 amide bonds. The predicted octanol–water partition coefficient (Wildman–Crippen LogP) is 4.38. The Morgan fingerprint density at radius 2 is 1.06 bits per heavy atom. The molecule has 1 aromatic rings. The summed E-state index contributed by atoms with van der Waals surface area (Å²) in [6, 6.07) is 0. The lowest BCUT2D eigenvalue weighted by molar-refractivity contribution is 0.406. The van der Waals surface area contributed by atoms with Gasteiger partial charge in [-0.25, -0.2) is 0 Å². The molecule has 0 aliphatic rings. The standard InChI is InChI=1S/C10H15NO.2C2H6/c1-6-8(3)11-9(4)7(2)10(6)12-5;2*1-2/h1-5H3;2*1-2H3.